The van der Waals surface area contributed by atoms with Crippen molar-refractivity contribution in [1.29, 1.82) is 0 Å². The first kappa shape index (κ1) is 48.1. The maximum atomic E-state index is 14.4. The van der Waals surface area contributed by atoms with Crippen LogP contribution < -0.4 is 29.6 Å². The predicted octanol–water partition coefficient (Wildman–Crippen LogP) is 15.9. The van der Waals surface area contributed by atoms with Crippen LogP contribution in [0.15, 0.2) is 121 Å². The molecule has 2 heterocycles. The number of imide groups is 2. The van der Waals surface area contributed by atoms with E-state index in [0.29, 0.717) is 66.1 Å². The predicted molar refractivity (Wildman–Crippen MR) is 292 cm³/mol. The third-order valence-electron chi connectivity index (χ3n) is 14.4. The highest BCUT2D eigenvalue weighted by atomic mass is 16.5. The second-order valence-corrected chi connectivity index (χ2v) is 23.8. The molecule has 9 aromatic rings. The van der Waals surface area contributed by atoms with E-state index in [9.17, 15) is 19.2 Å². The molecule has 0 saturated heterocycles. The molecule has 372 valence electrons. The number of carbonyl (C=O) groups is 4. The van der Waals surface area contributed by atoms with Gasteiger partial charge >= 0.3 is 0 Å². The normalized spacial score (nSPS) is 14.0. The number of ether oxygens (including phenoxy) is 4. The molecule has 4 amide bonds. The van der Waals surface area contributed by atoms with Crippen LogP contribution in [0.1, 0.15) is 147 Å². The first-order valence-electron chi connectivity index (χ1n) is 25.0. The zero-order valence-electron chi connectivity index (χ0n) is 43.8. The molecule has 10 heteroatoms. The fourth-order valence-electron chi connectivity index (χ4n) is 10.3. The fraction of sp³-hybridized carbons (Fsp3) is 0.250. The van der Waals surface area contributed by atoms with E-state index in [1.807, 2.05) is 97.1 Å². The monoisotopic (exact) mass is 982 g/mol. The van der Waals surface area contributed by atoms with Gasteiger partial charge in [-0.3, -0.25) is 29.8 Å². The average Bonchev–Trinajstić information content (AvgIpc) is 3.33. The molecule has 11 rings (SSSR count). The maximum Gasteiger partial charge on any atom is 0.258 e. The van der Waals surface area contributed by atoms with Crippen LogP contribution in [0.4, 0.5) is 0 Å². The van der Waals surface area contributed by atoms with Crippen molar-refractivity contribution >= 4 is 66.7 Å². The highest BCUT2D eigenvalue weighted by Crippen LogP contribution is 2.57. The van der Waals surface area contributed by atoms with Gasteiger partial charge in [0.2, 0.25) is 0 Å². The summed E-state index contributed by atoms with van der Waals surface area (Å²) < 4.78 is 28.1. The Labute approximate surface area is 430 Å². The topological polar surface area (TPSA) is 129 Å². The summed E-state index contributed by atoms with van der Waals surface area (Å²) in [5.74, 6) is 0.505. The van der Waals surface area contributed by atoms with Crippen molar-refractivity contribution in [1.82, 2.24) is 10.6 Å². The summed E-state index contributed by atoms with van der Waals surface area (Å²) in [6, 6.07) is 37.8. The van der Waals surface area contributed by atoms with E-state index in [1.54, 1.807) is 24.3 Å². The second kappa shape index (κ2) is 16.6. The number of rotatable bonds is 8. The fourth-order valence-corrected chi connectivity index (χ4v) is 10.3. The van der Waals surface area contributed by atoms with Crippen molar-refractivity contribution in [2.24, 2.45) is 0 Å². The van der Waals surface area contributed by atoms with Crippen LogP contribution in [0, 0.1) is 0 Å². The van der Waals surface area contributed by atoms with E-state index < -0.39 is 23.6 Å². The second-order valence-electron chi connectivity index (χ2n) is 23.8. The molecule has 9 aromatic carbocycles. The highest BCUT2D eigenvalue weighted by molar-refractivity contribution is 6.44. The maximum absolute atomic E-state index is 14.4. The first-order chi connectivity index (χ1) is 34.8. The molecule has 0 atom stereocenters. The van der Waals surface area contributed by atoms with E-state index >= 15 is 0 Å². The first-order valence-corrected chi connectivity index (χ1v) is 25.0. The van der Waals surface area contributed by atoms with Crippen LogP contribution in [-0.2, 0) is 21.7 Å². The van der Waals surface area contributed by atoms with Crippen molar-refractivity contribution in [3.8, 4) is 46.0 Å². The minimum absolute atomic E-state index is 0.147. The molecule has 74 heavy (non-hydrogen) atoms. The number of carbonyl (C=O) groups excluding carboxylic acids is 4. The molecule has 0 saturated carbocycles. The van der Waals surface area contributed by atoms with Gasteiger partial charge in [0.25, 0.3) is 23.6 Å². The lowest BCUT2D eigenvalue weighted by Gasteiger charge is -2.28. The molecule has 0 aliphatic carbocycles. The lowest BCUT2D eigenvalue weighted by atomic mass is 9.81. The van der Waals surface area contributed by atoms with Crippen LogP contribution in [0.3, 0.4) is 0 Å². The number of benzene rings is 9. The zero-order valence-corrected chi connectivity index (χ0v) is 43.8. The lowest BCUT2D eigenvalue weighted by molar-refractivity contribution is 0.0828. The quantitative estimate of drug-likeness (QED) is 0.0875. The van der Waals surface area contributed by atoms with Gasteiger partial charge in [-0.25, -0.2) is 0 Å². The number of hydrogen-bond acceptors (Lipinski definition) is 8. The smallest absolute Gasteiger partial charge is 0.258 e. The Bertz CT molecular complexity index is 3350. The van der Waals surface area contributed by atoms with Gasteiger partial charge in [-0.1, -0.05) is 132 Å². The summed E-state index contributed by atoms with van der Waals surface area (Å²) in [7, 11) is 0. The summed E-state index contributed by atoms with van der Waals surface area (Å²) in [6.45, 7) is 25.6. The third-order valence-corrected chi connectivity index (χ3v) is 14.4. The Balaban J connectivity index is 1.33. The van der Waals surface area contributed by atoms with Crippen LogP contribution in [0.5, 0.6) is 46.0 Å². The van der Waals surface area contributed by atoms with Crippen molar-refractivity contribution in [3.05, 3.63) is 166 Å². The molecule has 0 aromatic heterocycles. The minimum Gasteiger partial charge on any atom is -0.457 e. The Kier molecular flexibility index (Phi) is 10.8. The van der Waals surface area contributed by atoms with E-state index in [0.717, 1.165) is 22.3 Å². The van der Waals surface area contributed by atoms with Gasteiger partial charge < -0.3 is 18.9 Å². The standard InChI is InChI=1S/C64H58N2O8/c1-61(2,3)33-13-21-37(22-14-33)71-45-29-41-49-42(58(68)65-57(41)67)31-47(73-39-25-17-35(18-26-39)63(7,8)9)53-54-48(74-40-27-19-36(20-28-40)64(10,11)12)32-44-50-43(59(69)66-60(44)70)30-46(52(56(50)54)51(45)55(49)53)72-38-23-15-34(16-24-38)62(4,5)6/h13-32H,1-12H3,(H,65,67,68)(H,66,69,70). The molecule has 2 aliphatic heterocycles. The Hall–Kier alpha value is -8.24. The van der Waals surface area contributed by atoms with Crippen molar-refractivity contribution in [2.45, 2.75) is 105 Å². The van der Waals surface area contributed by atoms with E-state index in [1.165, 1.54) is 0 Å². The summed E-state index contributed by atoms with van der Waals surface area (Å²) in [5, 5.41) is 8.59. The largest absolute Gasteiger partial charge is 0.457 e. The van der Waals surface area contributed by atoms with Gasteiger partial charge in [-0.05, 0) is 117 Å². The molecule has 0 bridgehead atoms. The van der Waals surface area contributed by atoms with Crippen molar-refractivity contribution < 1.29 is 38.1 Å². The van der Waals surface area contributed by atoms with Crippen LogP contribution in [-0.4, -0.2) is 23.6 Å². The third kappa shape index (κ3) is 8.13. The SMILES string of the molecule is CC(C)(C)c1ccc(Oc2cc3c4c(cc(Oc5ccc(C(C)(C)C)cc5)c5c6c(Oc7ccc(C(C)(C)C)cc7)cc7c8c(cc(Oc9ccc(C(C)(C)C)cc9)c(c2c45)c86)C(=O)NC7=O)C(=O)NC3=O)cc1. The molecule has 2 N–H and O–H groups in total. The van der Waals surface area contributed by atoms with Crippen LogP contribution in [0.2, 0.25) is 0 Å². The number of hydrogen-bond donors (Lipinski definition) is 2. The molecule has 0 radical (unpaired) electrons. The number of amides is 4. The summed E-state index contributed by atoms with van der Waals surface area (Å²) in [6.07, 6.45) is 0. The summed E-state index contributed by atoms with van der Waals surface area (Å²) in [4.78, 5) is 57.5. The zero-order chi connectivity index (χ0) is 52.6. The van der Waals surface area contributed by atoms with Gasteiger partial charge in [0.05, 0.1) is 22.3 Å². The molecule has 0 spiro atoms. The van der Waals surface area contributed by atoms with Gasteiger partial charge in [0.1, 0.15) is 46.0 Å². The van der Waals surface area contributed by atoms with Crippen LogP contribution >= 0.6 is 0 Å². The van der Waals surface area contributed by atoms with Crippen LogP contribution in [0.25, 0.3) is 43.1 Å². The Morgan fingerprint density at radius 2 is 0.459 bits per heavy atom. The molecule has 0 unspecified atom stereocenters. The van der Waals surface area contributed by atoms with Gasteiger partial charge in [0.15, 0.2) is 0 Å². The Morgan fingerprint density at radius 1 is 0.270 bits per heavy atom. The molecular weight excluding hydrogens is 925 g/mol. The summed E-state index contributed by atoms with van der Waals surface area (Å²) in [5.41, 5.74) is 4.57. The number of nitrogens with one attached hydrogen (secondary N) is 2. The van der Waals surface area contributed by atoms with Crippen molar-refractivity contribution in [2.75, 3.05) is 0 Å². The van der Waals surface area contributed by atoms with E-state index in [4.69, 9.17) is 18.9 Å². The molecule has 2 aliphatic rings. The average molecular weight is 983 g/mol. The van der Waals surface area contributed by atoms with E-state index in [2.05, 4.69) is 93.7 Å². The van der Waals surface area contributed by atoms with Gasteiger partial charge in [-0.15, -0.1) is 0 Å². The molecule has 10 nitrogen and oxygen atoms in total. The summed E-state index contributed by atoms with van der Waals surface area (Å²) >= 11 is 0. The van der Waals surface area contributed by atoms with Crippen molar-refractivity contribution in [3.63, 3.8) is 0 Å². The molecular formula is C64H58N2O8. The van der Waals surface area contributed by atoms with E-state index in [-0.39, 0.29) is 66.9 Å². The molecule has 0 fully saturated rings. The lowest BCUT2D eigenvalue weighted by Crippen LogP contribution is -2.35. The van der Waals surface area contributed by atoms with Gasteiger partial charge in [0, 0.05) is 43.1 Å². The van der Waals surface area contributed by atoms with Gasteiger partial charge in [-0.2, -0.15) is 0 Å². The Morgan fingerprint density at radius 3 is 0.635 bits per heavy atom. The number of fused-ring (bicyclic) bond motifs is 2. The highest BCUT2D eigenvalue weighted by Gasteiger charge is 2.38. The minimum atomic E-state index is -0.608.